The van der Waals surface area contributed by atoms with Crippen molar-refractivity contribution in [2.24, 2.45) is 5.73 Å². The van der Waals surface area contributed by atoms with Crippen molar-refractivity contribution in [1.82, 2.24) is 15.0 Å². The first kappa shape index (κ1) is 18.2. The van der Waals surface area contributed by atoms with Gasteiger partial charge in [0.15, 0.2) is 5.13 Å². The molecule has 0 fully saturated rings. The minimum Gasteiger partial charge on any atom is -0.489 e. The van der Waals surface area contributed by atoms with Crippen molar-refractivity contribution in [3.8, 4) is 5.75 Å². The minimum atomic E-state index is -0.516. The summed E-state index contributed by atoms with van der Waals surface area (Å²) in [7, 11) is 0. The number of ether oxygens (including phenoxy) is 1. The van der Waals surface area contributed by atoms with E-state index in [1.54, 1.807) is 18.2 Å². The number of nitrogens with zero attached hydrogens (tertiary/aromatic N) is 2. The summed E-state index contributed by atoms with van der Waals surface area (Å²) in [6.45, 7) is 3.69. The van der Waals surface area contributed by atoms with Gasteiger partial charge in [-0.25, -0.2) is 9.97 Å². The number of primary amides is 1. The number of aliphatic hydroxyl groups excluding tert-OH is 1. The molecule has 0 aliphatic carbocycles. The number of imidazole rings is 1. The Labute approximate surface area is 164 Å². The van der Waals surface area contributed by atoms with Crippen molar-refractivity contribution in [3.63, 3.8) is 0 Å². The first-order valence-corrected chi connectivity index (χ1v) is 9.52. The molecule has 144 valence electrons. The molecule has 8 nitrogen and oxygen atoms in total. The first-order chi connectivity index (χ1) is 13.4. The maximum absolute atomic E-state index is 11.6. The van der Waals surface area contributed by atoms with E-state index in [4.69, 9.17) is 10.5 Å². The summed E-state index contributed by atoms with van der Waals surface area (Å²) in [5.74, 6) is 0.580. The van der Waals surface area contributed by atoms with E-state index in [0.717, 1.165) is 15.7 Å². The number of carbonyl (C=O) groups excluding carboxylic acids is 1. The number of fused-ring (bicyclic) bond motifs is 3. The number of nitrogens with two attached hydrogens (primary N) is 1. The van der Waals surface area contributed by atoms with E-state index in [1.807, 2.05) is 26.0 Å². The molecule has 2 heterocycles. The summed E-state index contributed by atoms with van der Waals surface area (Å²) >= 11 is 1.46. The van der Waals surface area contributed by atoms with Crippen LogP contribution in [0.2, 0.25) is 0 Å². The molecule has 5 N–H and O–H groups in total. The largest absolute Gasteiger partial charge is 0.489 e. The van der Waals surface area contributed by atoms with Gasteiger partial charge in [0.1, 0.15) is 29.2 Å². The number of rotatable bonds is 6. The van der Waals surface area contributed by atoms with Crippen LogP contribution in [-0.2, 0) is 6.61 Å². The molecule has 9 heteroatoms. The second kappa shape index (κ2) is 7.10. The predicted octanol–water partition coefficient (Wildman–Crippen LogP) is 3.29. The van der Waals surface area contributed by atoms with Gasteiger partial charge < -0.3 is 25.9 Å². The number of amides is 1. The molecule has 0 aliphatic heterocycles. The van der Waals surface area contributed by atoms with Crippen LogP contribution in [-0.4, -0.2) is 32.1 Å². The van der Waals surface area contributed by atoms with Crippen LogP contribution >= 0.6 is 11.3 Å². The number of thiazole rings is 1. The molecule has 2 aromatic heterocycles. The molecule has 0 saturated carbocycles. The van der Waals surface area contributed by atoms with Gasteiger partial charge in [0.2, 0.25) is 5.91 Å². The van der Waals surface area contributed by atoms with Gasteiger partial charge in [-0.3, -0.25) is 4.79 Å². The van der Waals surface area contributed by atoms with Crippen LogP contribution < -0.4 is 15.8 Å². The molecule has 0 saturated heterocycles. The van der Waals surface area contributed by atoms with Gasteiger partial charge in [-0.2, -0.15) is 0 Å². The quantitative estimate of drug-likeness (QED) is 0.395. The maximum atomic E-state index is 11.6. The Balaban J connectivity index is 1.76. The molecular weight excluding hydrogens is 378 g/mol. The molecule has 4 aromatic rings. The van der Waals surface area contributed by atoms with Gasteiger partial charge in [0, 0.05) is 5.56 Å². The third kappa shape index (κ3) is 3.37. The third-order valence-electron chi connectivity index (χ3n) is 4.08. The van der Waals surface area contributed by atoms with E-state index in [1.165, 1.54) is 11.3 Å². The summed E-state index contributed by atoms with van der Waals surface area (Å²) < 4.78 is 6.78. The zero-order valence-corrected chi connectivity index (χ0v) is 16.1. The lowest BCUT2D eigenvalue weighted by atomic mass is 10.1. The van der Waals surface area contributed by atoms with Crippen LogP contribution in [0.25, 0.3) is 21.3 Å². The molecule has 0 bridgehead atoms. The Morgan fingerprint density at radius 2 is 2.11 bits per heavy atom. The molecule has 1 amide bonds. The Kier molecular flexibility index (Phi) is 4.62. The lowest BCUT2D eigenvalue weighted by Crippen LogP contribution is -2.12. The molecule has 0 unspecified atom stereocenters. The lowest BCUT2D eigenvalue weighted by molar-refractivity contribution is 0.100. The standard InChI is InChI=1S/C19H19N5O3S/c1-9(2)27-13-5-3-10(18(20)26)7-12(13)22-19-24-17-14(28-19)6-4-11-16(17)23-15(8-25)21-11/h3-7,9,25H,8H2,1-2H3,(H2,20,26)(H,21,23)(H,22,24). The monoisotopic (exact) mass is 397 g/mol. The van der Waals surface area contributed by atoms with Gasteiger partial charge in [0.25, 0.3) is 0 Å². The fourth-order valence-electron chi connectivity index (χ4n) is 2.89. The summed E-state index contributed by atoms with van der Waals surface area (Å²) in [5.41, 5.74) is 8.65. The normalized spacial score (nSPS) is 11.4. The maximum Gasteiger partial charge on any atom is 0.248 e. The van der Waals surface area contributed by atoms with E-state index in [2.05, 4.69) is 20.3 Å². The Hall–Kier alpha value is -3.17. The molecule has 2 aromatic carbocycles. The molecule has 0 aliphatic rings. The van der Waals surface area contributed by atoms with E-state index in [9.17, 15) is 9.90 Å². The van der Waals surface area contributed by atoms with E-state index >= 15 is 0 Å². The second-order valence-electron chi connectivity index (χ2n) is 6.54. The topological polar surface area (TPSA) is 126 Å². The molecule has 0 atom stereocenters. The number of nitrogens with one attached hydrogen (secondary N) is 2. The molecule has 0 spiro atoms. The fraction of sp³-hybridized carbons (Fsp3) is 0.211. The first-order valence-electron chi connectivity index (χ1n) is 8.71. The highest BCUT2D eigenvalue weighted by Crippen LogP contribution is 2.35. The van der Waals surface area contributed by atoms with Crippen LogP contribution in [0.15, 0.2) is 30.3 Å². The Morgan fingerprint density at radius 1 is 1.29 bits per heavy atom. The number of anilines is 2. The number of hydrogen-bond donors (Lipinski definition) is 4. The van der Waals surface area contributed by atoms with Gasteiger partial charge in [0.05, 0.1) is 22.0 Å². The van der Waals surface area contributed by atoms with E-state index in [-0.39, 0.29) is 12.7 Å². The number of carbonyl (C=O) groups is 1. The highest BCUT2D eigenvalue weighted by Gasteiger charge is 2.15. The zero-order valence-electron chi connectivity index (χ0n) is 15.3. The molecular formula is C19H19N5O3S. The average molecular weight is 397 g/mol. The Morgan fingerprint density at radius 3 is 2.82 bits per heavy atom. The van der Waals surface area contributed by atoms with Crippen LogP contribution in [0, 0.1) is 0 Å². The number of aromatic nitrogens is 3. The van der Waals surface area contributed by atoms with Crippen molar-refractivity contribution in [1.29, 1.82) is 0 Å². The molecule has 28 heavy (non-hydrogen) atoms. The SMILES string of the molecule is CC(C)Oc1ccc(C(N)=O)cc1Nc1nc2c(ccc3[nH]c(CO)nc32)s1. The number of aromatic amines is 1. The fourth-order valence-corrected chi connectivity index (χ4v) is 3.77. The number of hydrogen-bond acceptors (Lipinski definition) is 7. The van der Waals surface area contributed by atoms with Crippen LogP contribution in [0.5, 0.6) is 5.75 Å². The third-order valence-corrected chi connectivity index (χ3v) is 5.01. The average Bonchev–Trinajstić information content (AvgIpc) is 3.25. The number of H-pyrrole nitrogens is 1. The van der Waals surface area contributed by atoms with Crippen molar-refractivity contribution in [2.45, 2.75) is 26.6 Å². The van der Waals surface area contributed by atoms with Crippen molar-refractivity contribution >= 4 is 49.3 Å². The van der Waals surface area contributed by atoms with Crippen LogP contribution in [0.4, 0.5) is 10.8 Å². The molecule has 0 radical (unpaired) electrons. The summed E-state index contributed by atoms with van der Waals surface area (Å²) in [6, 6.07) is 8.86. The van der Waals surface area contributed by atoms with Crippen molar-refractivity contribution in [2.75, 3.05) is 5.32 Å². The summed E-state index contributed by atoms with van der Waals surface area (Å²) in [4.78, 5) is 23.7. The highest BCUT2D eigenvalue weighted by atomic mass is 32.1. The summed E-state index contributed by atoms with van der Waals surface area (Å²) in [5, 5.41) is 13.2. The van der Waals surface area contributed by atoms with Gasteiger partial charge >= 0.3 is 0 Å². The lowest BCUT2D eigenvalue weighted by Gasteiger charge is -2.15. The van der Waals surface area contributed by atoms with Gasteiger partial charge in [-0.15, -0.1) is 0 Å². The van der Waals surface area contributed by atoms with Crippen molar-refractivity contribution in [3.05, 3.63) is 41.7 Å². The zero-order chi connectivity index (χ0) is 19.8. The van der Waals surface area contributed by atoms with E-state index in [0.29, 0.717) is 33.5 Å². The second-order valence-corrected chi connectivity index (χ2v) is 7.57. The molecule has 4 rings (SSSR count). The highest BCUT2D eigenvalue weighted by molar-refractivity contribution is 7.22. The Bertz CT molecular complexity index is 1180. The van der Waals surface area contributed by atoms with Crippen LogP contribution in [0.1, 0.15) is 30.0 Å². The van der Waals surface area contributed by atoms with Crippen molar-refractivity contribution < 1.29 is 14.6 Å². The van der Waals surface area contributed by atoms with Gasteiger partial charge in [-0.05, 0) is 44.2 Å². The van der Waals surface area contributed by atoms with E-state index < -0.39 is 5.91 Å². The smallest absolute Gasteiger partial charge is 0.248 e. The number of aliphatic hydroxyl groups is 1. The predicted molar refractivity (Wildman–Crippen MR) is 109 cm³/mol. The van der Waals surface area contributed by atoms with Gasteiger partial charge in [-0.1, -0.05) is 11.3 Å². The van der Waals surface area contributed by atoms with Crippen LogP contribution in [0.3, 0.4) is 0 Å². The number of benzene rings is 2. The minimum absolute atomic E-state index is 0.0315. The summed E-state index contributed by atoms with van der Waals surface area (Å²) in [6.07, 6.45) is -0.0315.